The van der Waals surface area contributed by atoms with Gasteiger partial charge in [-0.05, 0) is 43.3 Å². The largest absolute Gasteiger partial charge is 0.493 e. The lowest BCUT2D eigenvalue weighted by Crippen LogP contribution is -2.18. The van der Waals surface area contributed by atoms with E-state index in [-0.39, 0.29) is 0 Å². The van der Waals surface area contributed by atoms with E-state index in [0.29, 0.717) is 5.41 Å². The molecular weight excluding hydrogens is 318 g/mol. The summed E-state index contributed by atoms with van der Waals surface area (Å²) in [4.78, 5) is 3.60. The number of thioether (sulfide) groups is 1. The molecule has 0 aromatic heterocycles. The second kappa shape index (κ2) is 6.75. The Balaban J connectivity index is 1.94. The van der Waals surface area contributed by atoms with E-state index >= 15 is 0 Å². The number of nitrogens with zero attached hydrogens (tertiary/aromatic N) is 1. The summed E-state index contributed by atoms with van der Waals surface area (Å²) in [6.07, 6.45) is 8.37. The van der Waals surface area contributed by atoms with E-state index < -0.39 is 0 Å². The van der Waals surface area contributed by atoms with Crippen molar-refractivity contribution < 1.29 is 9.47 Å². The van der Waals surface area contributed by atoms with Gasteiger partial charge < -0.3 is 14.4 Å². The van der Waals surface area contributed by atoms with Crippen LogP contribution in [0.15, 0.2) is 39.8 Å². The zero-order chi connectivity index (χ0) is 17.3. The Kier molecular flexibility index (Phi) is 4.86. The molecule has 0 spiro atoms. The van der Waals surface area contributed by atoms with E-state index in [2.05, 4.69) is 50.0 Å². The maximum Gasteiger partial charge on any atom is 0.162 e. The van der Waals surface area contributed by atoms with Gasteiger partial charge in [0, 0.05) is 23.6 Å². The zero-order valence-corrected chi connectivity index (χ0v) is 16.1. The van der Waals surface area contributed by atoms with Gasteiger partial charge >= 0.3 is 0 Å². The molecule has 0 N–H and O–H groups in total. The number of hydrogen-bond acceptors (Lipinski definition) is 4. The van der Waals surface area contributed by atoms with Crippen LogP contribution < -0.4 is 14.4 Å². The van der Waals surface area contributed by atoms with Gasteiger partial charge in [-0.2, -0.15) is 0 Å². The van der Waals surface area contributed by atoms with Gasteiger partial charge in [-0.1, -0.05) is 31.7 Å². The number of methoxy groups -OCH3 is 2. The van der Waals surface area contributed by atoms with Crippen LogP contribution in [0.3, 0.4) is 0 Å². The number of allylic oxidation sites excluding steroid dienone is 3. The SMILES string of the molecule is CCN1/C(=C/C2=CCCC(C)(C)C2)Sc2cc(OC)c(OC)cc21. The number of hydrogen-bond donors (Lipinski definition) is 0. The Morgan fingerprint density at radius 1 is 1.21 bits per heavy atom. The summed E-state index contributed by atoms with van der Waals surface area (Å²) in [5.41, 5.74) is 3.07. The Bertz CT molecular complexity index is 691. The zero-order valence-electron chi connectivity index (χ0n) is 15.3. The fourth-order valence-corrected chi connectivity index (χ4v) is 4.71. The first-order chi connectivity index (χ1) is 11.5. The molecule has 0 amide bonds. The van der Waals surface area contributed by atoms with E-state index in [4.69, 9.17) is 9.47 Å². The first-order valence-electron chi connectivity index (χ1n) is 8.59. The molecule has 3 nitrogen and oxygen atoms in total. The fourth-order valence-electron chi connectivity index (χ4n) is 3.49. The topological polar surface area (TPSA) is 21.7 Å². The molecule has 0 atom stereocenters. The van der Waals surface area contributed by atoms with Crippen LogP contribution in [0, 0.1) is 5.41 Å². The molecule has 0 bridgehead atoms. The highest BCUT2D eigenvalue weighted by Crippen LogP contribution is 2.51. The van der Waals surface area contributed by atoms with E-state index in [1.54, 1.807) is 14.2 Å². The van der Waals surface area contributed by atoms with Crippen LogP contribution in [0.25, 0.3) is 0 Å². The number of fused-ring (bicyclic) bond motifs is 1. The average molecular weight is 346 g/mol. The van der Waals surface area contributed by atoms with Gasteiger partial charge in [0.05, 0.1) is 24.9 Å². The van der Waals surface area contributed by atoms with Crippen molar-refractivity contribution in [1.82, 2.24) is 0 Å². The van der Waals surface area contributed by atoms with E-state index in [9.17, 15) is 0 Å². The lowest BCUT2D eigenvalue weighted by Gasteiger charge is -2.29. The third-order valence-corrected chi connectivity index (χ3v) is 5.87. The first-order valence-corrected chi connectivity index (χ1v) is 9.41. The van der Waals surface area contributed by atoms with Crippen molar-refractivity contribution in [2.24, 2.45) is 5.41 Å². The monoisotopic (exact) mass is 345 g/mol. The van der Waals surface area contributed by atoms with Crippen molar-refractivity contribution >= 4 is 17.4 Å². The van der Waals surface area contributed by atoms with Crippen molar-refractivity contribution in [1.29, 1.82) is 0 Å². The highest BCUT2D eigenvalue weighted by atomic mass is 32.2. The summed E-state index contributed by atoms with van der Waals surface area (Å²) in [5, 5.41) is 1.30. The van der Waals surface area contributed by atoms with Crippen LogP contribution in [0.2, 0.25) is 0 Å². The summed E-state index contributed by atoms with van der Waals surface area (Å²) < 4.78 is 10.9. The average Bonchev–Trinajstić information content (AvgIpc) is 2.88. The van der Waals surface area contributed by atoms with Crippen LogP contribution >= 0.6 is 11.8 Å². The lowest BCUT2D eigenvalue weighted by atomic mass is 9.77. The summed E-state index contributed by atoms with van der Waals surface area (Å²) in [6, 6.07) is 4.17. The van der Waals surface area contributed by atoms with E-state index in [1.165, 1.54) is 34.0 Å². The van der Waals surface area contributed by atoms with Crippen LogP contribution in [0.1, 0.15) is 40.0 Å². The number of anilines is 1. The summed E-state index contributed by atoms with van der Waals surface area (Å²) in [7, 11) is 3.38. The molecule has 0 unspecified atom stereocenters. The van der Waals surface area contributed by atoms with Crippen LogP contribution in [0.5, 0.6) is 11.5 Å². The highest BCUT2D eigenvalue weighted by Gasteiger charge is 2.28. The third kappa shape index (κ3) is 3.30. The Morgan fingerprint density at radius 2 is 1.92 bits per heavy atom. The van der Waals surface area contributed by atoms with Crippen molar-refractivity contribution in [3.05, 3.63) is 34.9 Å². The number of ether oxygens (including phenoxy) is 2. The first kappa shape index (κ1) is 17.3. The number of benzene rings is 1. The molecule has 4 heteroatoms. The molecule has 1 aromatic rings. The van der Waals surface area contributed by atoms with Crippen molar-refractivity contribution in [3.8, 4) is 11.5 Å². The predicted octanol–water partition coefficient (Wildman–Crippen LogP) is 5.61. The molecule has 2 aliphatic rings. The van der Waals surface area contributed by atoms with Gasteiger partial charge in [0.1, 0.15) is 0 Å². The summed E-state index contributed by atoms with van der Waals surface area (Å²) in [5.74, 6) is 1.58. The minimum Gasteiger partial charge on any atom is -0.493 e. The van der Waals surface area contributed by atoms with Crippen molar-refractivity contribution in [2.75, 3.05) is 25.7 Å². The lowest BCUT2D eigenvalue weighted by molar-refractivity contribution is 0.324. The molecule has 0 fully saturated rings. The van der Waals surface area contributed by atoms with Crippen molar-refractivity contribution in [2.45, 2.75) is 44.9 Å². The molecule has 1 aliphatic carbocycles. The quantitative estimate of drug-likeness (QED) is 0.706. The van der Waals surface area contributed by atoms with Crippen LogP contribution in [0.4, 0.5) is 5.69 Å². The van der Waals surface area contributed by atoms with Gasteiger partial charge in [0.2, 0.25) is 0 Å². The van der Waals surface area contributed by atoms with Gasteiger partial charge in [0.15, 0.2) is 11.5 Å². The molecular formula is C20H27NO2S. The maximum absolute atomic E-state index is 5.48. The standard InChI is InChI=1S/C20H27NO2S/c1-6-21-15-11-16(22-4)17(23-5)12-18(15)24-19(21)10-14-8-7-9-20(2,3)13-14/h8,10-12H,6-7,9,13H2,1-5H3/b19-10-. The maximum atomic E-state index is 5.48. The predicted molar refractivity (Wildman–Crippen MR) is 102 cm³/mol. The second-order valence-electron chi connectivity index (χ2n) is 7.16. The molecule has 130 valence electrons. The Hall–Kier alpha value is -1.55. The van der Waals surface area contributed by atoms with E-state index in [1.807, 2.05) is 11.8 Å². The van der Waals surface area contributed by atoms with Crippen LogP contribution in [-0.2, 0) is 0 Å². The molecule has 1 aromatic carbocycles. The van der Waals surface area contributed by atoms with Gasteiger partial charge in [0.25, 0.3) is 0 Å². The fraction of sp³-hybridized carbons (Fsp3) is 0.500. The molecule has 0 saturated heterocycles. The third-order valence-electron chi connectivity index (χ3n) is 4.77. The normalized spacial score (nSPS) is 20.8. The summed E-state index contributed by atoms with van der Waals surface area (Å²) >= 11 is 1.82. The molecule has 0 saturated carbocycles. The highest BCUT2D eigenvalue weighted by molar-refractivity contribution is 8.03. The van der Waals surface area contributed by atoms with Gasteiger partial charge in [-0.25, -0.2) is 0 Å². The minimum atomic E-state index is 0.404. The Labute approximate surface area is 149 Å². The molecule has 1 aliphatic heterocycles. The van der Waals surface area contributed by atoms with Crippen molar-refractivity contribution in [3.63, 3.8) is 0 Å². The summed E-state index contributed by atoms with van der Waals surface area (Å²) in [6.45, 7) is 7.86. The van der Waals surface area contributed by atoms with E-state index in [0.717, 1.165) is 24.5 Å². The second-order valence-corrected chi connectivity index (χ2v) is 8.22. The van der Waals surface area contributed by atoms with Crippen LogP contribution in [-0.4, -0.2) is 20.8 Å². The van der Waals surface area contributed by atoms with Gasteiger partial charge in [-0.3, -0.25) is 0 Å². The number of rotatable bonds is 4. The molecule has 24 heavy (non-hydrogen) atoms. The smallest absolute Gasteiger partial charge is 0.162 e. The molecule has 0 radical (unpaired) electrons. The molecule has 1 heterocycles. The Morgan fingerprint density at radius 3 is 2.54 bits per heavy atom. The van der Waals surface area contributed by atoms with Gasteiger partial charge in [-0.15, -0.1) is 0 Å². The molecule has 3 rings (SSSR count). The minimum absolute atomic E-state index is 0.404.